The van der Waals surface area contributed by atoms with Gasteiger partial charge in [0.15, 0.2) is 11.5 Å². The van der Waals surface area contributed by atoms with E-state index in [1.54, 1.807) is 48.5 Å². The first kappa shape index (κ1) is 24.7. The van der Waals surface area contributed by atoms with Crippen LogP contribution in [-0.2, 0) is 25.6 Å². The van der Waals surface area contributed by atoms with E-state index in [-0.39, 0.29) is 22.6 Å². The second-order valence-electron chi connectivity index (χ2n) is 7.17. The smallest absolute Gasteiger partial charge is 0.336 e. The van der Waals surface area contributed by atoms with E-state index in [1.165, 1.54) is 14.2 Å². The minimum atomic E-state index is -0.803. The molecular formula is C24H23BrClNO6. The lowest BCUT2D eigenvalue weighted by atomic mass is 9.83. The molecule has 0 unspecified atom stereocenters. The average molecular weight is 537 g/mol. The van der Waals surface area contributed by atoms with Crippen molar-refractivity contribution in [3.8, 4) is 11.5 Å². The quantitative estimate of drug-likeness (QED) is 0.503. The van der Waals surface area contributed by atoms with Gasteiger partial charge < -0.3 is 24.2 Å². The summed E-state index contributed by atoms with van der Waals surface area (Å²) in [6, 6.07) is 10.5. The Labute approximate surface area is 205 Å². The van der Waals surface area contributed by atoms with Gasteiger partial charge in [-0.15, -0.1) is 0 Å². The van der Waals surface area contributed by atoms with Crippen molar-refractivity contribution in [3.63, 3.8) is 0 Å². The van der Waals surface area contributed by atoms with E-state index in [0.717, 1.165) is 5.56 Å². The van der Waals surface area contributed by atoms with Gasteiger partial charge in [-0.2, -0.15) is 0 Å². The van der Waals surface area contributed by atoms with Crippen LogP contribution in [-0.4, -0.2) is 42.8 Å². The summed E-state index contributed by atoms with van der Waals surface area (Å²) in [5, 5.41) is 10.9. The van der Waals surface area contributed by atoms with E-state index < -0.39 is 17.9 Å². The molecule has 1 aliphatic heterocycles. The number of methoxy groups -OCH3 is 2. The number of esters is 2. The highest BCUT2D eigenvalue weighted by Crippen LogP contribution is 2.43. The van der Waals surface area contributed by atoms with Gasteiger partial charge in [0.05, 0.1) is 42.4 Å². The third-order valence-corrected chi connectivity index (χ3v) is 5.89. The Morgan fingerprint density at radius 2 is 1.64 bits per heavy atom. The number of carbonyl (C=O) groups is 2. The Kier molecular flexibility index (Phi) is 8.05. The van der Waals surface area contributed by atoms with Crippen LogP contribution in [0.5, 0.6) is 11.5 Å². The third-order valence-electron chi connectivity index (χ3n) is 5.04. The van der Waals surface area contributed by atoms with E-state index in [4.69, 9.17) is 25.8 Å². The Morgan fingerprint density at radius 3 is 2.15 bits per heavy atom. The van der Waals surface area contributed by atoms with Crippen molar-refractivity contribution in [2.24, 2.45) is 0 Å². The number of phenolic OH excluding ortho intramolecular Hbond substituents is 1. The first-order valence-electron chi connectivity index (χ1n) is 10.0. The van der Waals surface area contributed by atoms with Crippen molar-refractivity contribution in [3.05, 3.63) is 80.6 Å². The summed E-state index contributed by atoms with van der Waals surface area (Å²) < 4.78 is 15.9. The highest BCUT2D eigenvalue weighted by atomic mass is 79.9. The first-order valence-corrected chi connectivity index (χ1v) is 11.2. The van der Waals surface area contributed by atoms with Crippen LogP contribution < -0.4 is 4.74 Å². The third kappa shape index (κ3) is 5.51. The Bertz CT molecular complexity index is 1080. The lowest BCUT2D eigenvalue weighted by Crippen LogP contribution is -2.28. The molecule has 0 aliphatic carbocycles. The summed E-state index contributed by atoms with van der Waals surface area (Å²) >= 11 is 9.30. The number of ether oxygens (including phenoxy) is 3. The number of phenols is 1. The van der Waals surface area contributed by atoms with Gasteiger partial charge in [-0.25, -0.2) is 9.59 Å². The minimum absolute atomic E-state index is 0.0760. The van der Waals surface area contributed by atoms with Crippen LogP contribution in [0.15, 0.2) is 64.4 Å². The van der Waals surface area contributed by atoms with Crippen molar-refractivity contribution in [2.75, 3.05) is 20.8 Å². The molecule has 1 heterocycles. The Hall–Kier alpha value is -2.97. The summed E-state index contributed by atoms with van der Waals surface area (Å²) in [5.74, 6) is -1.86. The zero-order valence-electron chi connectivity index (χ0n) is 18.3. The van der Waals surface area contributed by atoms with Crippen molar-refractivity contribution < 1.29 is 28.9 Å². The molecule has 0 amide bonds. The van der Waals surface area contributed by atoms with E-state index in [2.05, 4.69) is 15.9 Å². The molecule has 0 aromatic heterocycles. The van der Waals surface area contributed by atoms with Gasteiger partial charge in [-0.05, 0) is 58.2 Å². The van der Waals surface area contributed by atoms with Crippen LogP contribution in [0, 0.1) is 0 Å². The SMILES string of the molecule is CCOc1cc(C2C(C(=O)OC)=CN(Cc3ccc(Cl)cc3)C=C2C(=O)OC)cc(Br)c1O. The molecular weight excluding hydrogens is 514 g/mol. The number of aromatic hydroxyl groups is 1. The molecule has 174 valence electrons. The molecule has 9 heteroatoms. The fraction of sp³-hybridized carbons (Fsp3) is 0.250. The summed E-state index contributed by atoms with van der Waals surface area (Å²) in [4.78, 5) is 27.3. The normalized spacial score (nSPS) is 13.8. The number of nitrogens with zero attached hydrogens (tertiary/aromatic N) is 1. The molecule has 0 saturated carbocycles. The van der Waals surface area contributed by atoms with Gasteiger partial charge in [0.1, 0.15) is 0 Å². The van der Waals surface area contributed by atoms with Crippen LogP contribution in [0.1, 0.15) is 24.0 Å². The maximum absolute atomic E-state index is 12.8. The molecule has 1 N–H and O–H groups in total. The van der Waals surface area contributed by atoms with Crippen LogP contribution >= 0.6 is 27.5 Å². The van der Waals surface area contributed by atoms with E-state index >= 15 is 0 Å². The summed E-state index contributed by atoms with van der Waals surface area (Å²) in [6.45, 7) is 2.49. The highest BCUT2D eigenvalue weighted by molar-refractivity contribution is 9.10. The average Bonchev–Trinajstić information content (AvgIpc) is 2.81. The first-order chi connectivity index (χ1) is 15.8. The molecule has 0 spiro atoms. The van der Waals surface area contributed by atoms with Crippen LogP contribution in [0.25, 0.3) is 0 Å². The molecule has 2 aromatic rings. The molecule has 0 saturated heterocycles. The second kappa shape index (κ2) is 10.8. The molecule has 1 aliphatic rings. The van der Waals surface area contributed by atoms with Gasteiger partial charge in [-0.3, -0.25) is 0 Å². The van der Waals surface area contributed by atoms with Gasteiger partial charge in [0, 0.05) is 24.0 Å². The molecule has 0 radical (unpaired) electrons. The van der Waals surface area contributed by atoms with E-state index in [1.807, 2.05) is 12.1 Å². The van der Waals surface area contributed by atoms with Gasteiger partial charge in [-0.1, -0.05) is 23.7 Å². The second-order valence-corrected chi connectivity index (χ2v) is 8.46. The van der Waals surface area contributed by atoms with Gasteiger partial charge >= 0.3 is 11.9 Å². The molecule has 0 bridgehead atoms. The van der Waals surface area contributed by atoms with Crippen LogP contribution in [0.2, 0.25) is 5.02 Å². The maximum Gasteiger partial charge on any atom is 0.336 e. The number of benzene rings is 2. The van der Waals surface area contributed by atoms with Crippen molar-refractivity contribution >= 4 is 39.5 Å². The van der Waals surface area contributed by atoms with Gasteiger partial charge in [0.25, 0.3) is 0 Å². The predicted octanol–water partition coefficient (Wildman–Crippen LogP) is 4.92. The monoisotopic (exact) mass is 535 g/mol. The topological polar surface area (TPSA) is 85.3 Å². The molecule has 0 fully saturated rings. The molecule has 33 heavy (non-hydrogen) atoms. The lowest BCUT2D eigenvalue weighted by molar-refractivity contribution is -0.137. The van der Waals surface area contributed by atoms with Crippen molar-refractivity contribution in [1.29, 1.82) is 0 Å². The number of halogens is 2. The Morgan fingerprint density at radius 1 is 1.06 bits per heavy atom. The minimum Gasteiger partial charge on any atom is -0.503 e. The summed E-state index contributed by atoms with van der Waals surface area (Å²) in [6.07, 6.45) is 3.28. The fourth-order valence-corrected chi connectivity index (χ4v) is 4.15. The van der Waals surface area contributed by atoms with Crippen LogP contribution in [0.4, 0.5) is 0 Å². The number of hydrogen-bond donors (Lipinski definition) is 1. The number of rotatable bonds is 7. The van der Waals surface area contributed by atoms with Crippen LogP contribution in [0.3, 0.4) is 0 Å². The maximum atomic E-state index is 12.8. The largest absolute Gasteiger partial charge is 0.503 e. The fourth-order valence-electron chi connectivity index (χ4n) is 3.56. The molecule has 3 rings (SSSR count). The summed E-state index contributed by atoms with van der Waals surface area (Å²) in [7, 11) is 2.55. The molecule has 7 nitrogen and oxygen atoms in total. The summed E-state index contributed by atoms with van der Waals surface area (Å²) in [5.41, 5.74) is 1.93. The zero-order chi connectivity index (χ0) is 24.1. The van der Waals surface area contributed by atoms with Crippen molar-refractivity contribution in [1.82, 2.24) is 4.90 Å². The standard InChI is InChI=1S/C24H23BrClNO6/c1-4-33-20-10-15(9-19(25)22(20)28)21-17(23(29)31-2)12-27(13-18(21)24(30)32-3)11-14-5-7-16(26)8-6-14/h5-10,12-13,21,28H,4,11H2,1-3H3. The van der Waals surface area contributed by atoms with E-state index in [0.29, 0.717) is 28.2 Å². The van der Waals surface area contributed by atoms with E-state index in [9.17, 15) is 14.7 Å². The molecule has 0 atom stereocenters. The lowest BCUT2D eigenvalue weighted by Gasteiger charge is -2.30. The molecule has 2 aromatic carbocycles. The predicted molar refractivity (Wildman–Crippen MR) is 127 cm³/mol. The van der Waals surface area contributed by atoms with Gasteiger partial charge in [0.2, 0.25) is 0 Å². The Balaban J connectivity index is 2.13. The number of hydrogen-bond acceptors (Lipinski definition) is 7. The highest BCUT2D eigenvalue weighted by Gasteiger charge is 2.36. The zero-order valence-corrected chi connectivity index (χ0v) is 20.6. The number of carbonyl (C=O) groups excluding carboxylic acids is 2. The van der Waals surface area contributed by atoms with Crippen molar-refractivity contribution in [2.45, 2.75) is 19.4 Å².